The third kappa shape index (κ3) is 10.6. The fraction of sp³-hybridized carbons (Fsp3) is 0.464. The first-order chi connectivity index (χ1) is 36.9. The van der Waals surface area contributed by atoms with Crippen LogP contribution in [-0.4, -0.2) is 138 Å². The molecule has 5 aliphatic rings. The fourth-order valence-corrected chi connectivity index (χ4v) is 12.1. The van der Waals surface area contributed by atoms with E-state index in [0.29, 0.717) is 91.5 Å². The van der Waals surface area contributed by atoms with Crippen LogP contribution in [0.3, 0.4) is 0 Å². The predicted octanol–water partition coefficient (Wildman–Crippen LogP) is 7.97. The minimum absolute atomic E-state index is 0.0271. The number of methoxy groups -OCH3 is 1. The first-order valence-electron chi connectivity index (χ1n) is 26.6. The lowest BCUT2D eigenvalue weighted by Crippen LogP contribution is -2.55. The van der Waals surface area contributed by atoms with Gasteiger partial charge in [-0.05, 0) is 87.2 Å². The molecule has 2 N–H and O–H groups in total. The summed E-state index contributed by atoms with van der Waals surface area (Å²) in [5.74, 6) is 0.259. The van der Waals surface area contributed by atoms with Gasteiger partial charge in [-0.3, -0.25) is 19.3 Å². The highest BCUT2D eigenvalue weighted by molar-refractivity contribution is 6.36. The average molecular weight is 1050 g/mol. The summed E-state index contributed by atoms with van der Waals surface area (Å²) in [6.07, 6.45) is 9.97. The number of hydrogen-bond donors (Lipinski definition) is 2. The van der Waals surface area contributed by atoms with Crippen LogP contribution in [0.2, 0.25) is 5.02 Å². The molecule has 6 heterocycles. The maximum atomic E-state index is 14.1. The predicted molar refractivity (Wildman–Crippen MR) is 292 cm³/mol. The number of anilines is 6. The number of ether oxygens (including phenoxy) is 2. The highest BCUT2D eigenvalue weighted by Gasteiger charge is 2.42. The molecule has 0 spiro atoms. The van der Waals surface area contributed by atoms with Crippen LogP contribution in [0, 0.1) is 11.3 Å². The zero-order valence-electron chi connectivity index (χ0n) is 43.4. The molecule has 4 aliphatic heterocycles. The van der Waals surface area contributed by atoms with Crippen molar-refractivity contribution >= 4 is 74.7 Å². The topological polar surface area (TPSA) is 189 Å². The van der Waals surface area contributed by atoms with Crippen LogP contribution in [0.4, 0.5) is 39.0 Å². The summed E-state index contributed by atoms with van der Waals surface area (Å²) in [6, 6.07) is 19.2. The lowest BCUT2D eigenvalue weighted by atomic mass is 10.0. The molecule has 76 heavy (non-hydrogen) atoms. The van der Waals surface area contributed by atoms with E-state index in [9.17, 15) is 24.0 Å². The summed E-state index contributed by atoms with van der Waals surface area (Å²) >= 11 is 6.80. The van der Waals surface area contributed by atoms with Crippen LogP contribution >= 0.6 is 11.6 Å². The second kappa shape index (κ2) is 22.9. The van der Waals surface area contributed by atoms with Crippen molar-refractivity contribution in [3.63, 3.8) is 0 Å². The number of fused-ring (bicyclic) bond motifs is 3. The van der Waals surface area contributed by atoms with Gasteiger partial charge in [-0.2, -0.15) is 20.2 Å². The number of rotatable bonds is 17. The zero-order valence-corrected chi connectivity index (χ0v) is 44.2. The summed E-state index contributed by atoms with van der Waals surface area (Å²) in [6.45, 7) is 9.75. The molecule has 18 nitrogen and oxygen atoms in total. The van der Waals surface area contributed by atoms with E-state index < -0.39 is 17.8 Å². The van der Waals surface area contributed by atoms with Crippen LogP contribution in [0.1, 0.15) is 86.3 Å². The molecule has 3 fully saturated rings. The van der Waals surface area contributed by atoms with Crippen molar-refractivity contribution in [1.82, 2.24) is 35.1 Å². The number of piperazine rings is 1. The molecular weight excluding hydrogens is 989 g/mol. The van der Waals surface area contributed by atoms with E-state index in [-0.39, 0.29) is 55.5 Å². The number of aromatic nitrogens is 4. The largest absolute Gasteiger partial charge is 0.495 e. The third-order valence-electron chi connectivity index (χ3n) is 15.7. The number of amides is 3. The Morgan fingerprint density at radius 2 is 1.78 bits per heavy atom. The molecule has 3 amide bonds. The molecule has 10 rings (SSSR count). The molecule has 1 aliphatic carbocycles. The number of carbonyl (C=O) groups is 3. The molecule has 2 saturated heterocycles. The van der Waals surface area contributed by atoms with Crippen LogP contribution in [-0.2, 0) is 22.6 Å². The van der Waals surface area contributed by atoms with Gasteiger partial charge in [0.15, 0.2) is 11.6 Å². The molecule has 3 atom stereocenters. The second-order valence-corrected chi connectivity index (χ2v) is 20.7. The van der Waals surface area contributed by atoms with E-state index in [1.807, 2.05) is 25.1 Å². The molecule has 398 valence electrons. The molecule has 5 aromatic rings. The Balaban J connectivity index is 0.784. The van der Waals surface area contributed by atoms with Crippen molar-refractivity contribution in [3.8, 4) is 17.8 Å². The summed E-state index contributed by atoms with van der Waals surface area (Å²) in [7, 11) is 3.34. The molecule has 0 bridgehead atoms. The Kier molecular flexibility index (Phi) is 15.7. The van der Waals surface area contributed by atoms with E-state index >= 15 is 0 Å². The Morgan fingerprint density at radius 3 is 2.55 bits per heavy atom. The number of nitrogens with zero attached hydrogens (tertiary/aromatic N) is 11. The maximum absolute atomic E-state index is 14.1. The first-order valence-corrected chi connectivity index (χ1v) is 26.9. The highest BCUT2D eigenvalue weighted by atomic mass is 35.5. The normalized spacial score (nSPS) is 19.9. The van der Waals surface area contributed by atoms with Crippen LogP contribution < -0.4 is 39.7 Å². The molecular formula is C56H65ClFN13O5. The van der Waals surface area contributed by atoms with Gasteiger partial charge in [0.25, 0.3) is 11.8 Å². The first kappa shape index (κ1) is 52.2. The summed E-state index contributed by atoms with van der Waals surface area (Å²) in [4.78, 5) is 71.3. The Bertz CT molecular complexity index is 3050. The SMILES string of the molecule is C=C(F)C(=O)N1CCN(c2nc(OC[C@@H]3CCCN3CCCNC(=O)c3ccc(Nc4ncc5c(n4)N(C4CCCC4)[C@H](CC)C(=O)N5C)c(OC)c3)nc3c2CCN(c2cccc4cccc(Cl)c24)C3)C[C@@H]1CC#N. The van der Waals surface area contributed by atoms with E-state index in [0.717, 1.165) is 85.1 Å². The van der Waals surface area contributed by atoms with Crippen LogP contribution in [0.15, 0.2) is 73.2 Å². The highest BCUT2D eigenvalue weighted by Crippen LogP contribution is 2.41. The van der Waals surface area contributed by atoms with Crippen LogP contribution in [0.5, 0.6) is 11.8 Å². The lowest BCUT2D eigenvalue weighted by molar-refractivity contribution is -0.131. The lowest BCUT2D eigenvalue weighted by Gasteiger charge is -2.43. The van der Waals surface area contributed by atoms with Gasteiger partial charge in [0.2, 0.25) is 11.9 Å². The molecule has 2 aromatic heterocycles. The van der Waals surface area contributed by atoms with E-state index in [2.05, 4.69) is 66.1 Å². The summed E-state index contributed by atoms with van der Waals surface area (Å²) in [5.41, 5.74) is 4.54. The average Bonchev–Trinajstić information content (AvgIpc) is 4.15. The number of nitrogens with one attached hydrogen (secondary N) is 2. The van der Waals surface area contributed by atoms with Crippen molar-refractivity contribution in [2.75, 3.05) is 91.5 Å². The Labute approximate surface area is 447 Å². The van der Waals surface area contributed by atoms with Gasteiger partial charge < -0.3 is 44.6 Å². The monoisotopic (exact) mass is 1050 g/mol. The van der Waals surface area contributed by atoms with Gasteiger partial charge >= 0.3 is 6.01 Å². The van der Waals surface area contributed by atoms with Crippen molar-refractivity contribution in [2.24, 2.45) is 0 Å². The smallest absolute Gasteiger partial charge is 0.318 e. The number of benzene rings is 3. The third-order valence-corrected chi connectivity index (χ3v) is 16.0. The van der Waals surface area contributed by atoms with Gasteiger partial charge in [-0.25, -0.2) is 9.37 Å². The Hall–Kier alpha value is -7.30. The maximum Gasteiger partial charge on any atom is 0.318 e. The number of halogens is 2. The van der Waals surface area contributed by atoms with Gasteiger partial charge in [-0.1, -0.05) is 62.2 Å². The van der Waals surface area contributed by atoms with E-state index in [1.54, 1.807) is 43.5 Å². The fourth-order valence-electron chi connectivity index (χ4n) is 11.8. The van der Waals surface area contributed by atoms with E-state index in [1.165, 1.54) is 4.90 Å². The molecule has 0 unspecified atom stereocenters. The quantitative estimate of drug-likeness (QED) is 0.0674. The minimum atomic E-state index is -1.05. The van der Waals surface area contributed by atoms with Gasteiger partial charge in [0, 0.05) is 80.6 Å². The summed E-state index contributed by atoms with van der Waals surface area (Å²) < 4.78 is 26.4. The van der Waals surface area contributed by atoms with Crippen molar-refractivity contribution in [3.05, 3.63) is 95.0 Å². The van der Waals surface area contributed by atoms with Gasteiger partial charge in [-0.15, -0.1) is 0 Å². The number of nitriles is 1. The number of hydrogen-bond acceptors (Lipinski definition) is 15. The van der Waals surface area contributed by atoms with Gasteiger partial charge in [0.05, 0.1) is 54.8 Å². The Morgan fingerprint density at radius 1 is 0.961 bits per heavy atom. The zero-order chi connectivity index (χ0) is 53.0. The van der Waals surface area contributed by atoms with E-state index in [4.69, 9.17) is 36.0 Å². The molecule has 1 saturated carbocycles. The standard InChI is InChI=1S/C56H65ClFN13O5/c1-5-45-54(74)66(3)47-31-61-55(64-51(47)71(45)38-14-6-7-15-38)62-43-20-19-37(30-48(43)75-4)52(72)60-24-11-26-67-25-10-16-40(67)34-76-56-63-44-33-68(46-18-9-13-36-12-8-17-42(57)49(36)46)27-22-41(44)50(65-56)69-28-29-70(53(73)35(2)58)39(32-69)21-23-59/h8-9,12-13,17-20,30-31,38-40,45H,2,5-7,10-11,14-16,21-22,24-29,32-34H2,1,3-4H3,(H,60,72)(H,61,62,64)/t39-,40-,45+/m0/s1. The number of carbonyl (C=O) groups excluding carboxylic acids is 3. The summed E-state index contributed by atoms with van der Waals surface area (Å²) in [5, 5.41) is 18.8. The van der Waals surface area contributed by atoms with Crippen molar-refractivity contribution < 1.29 is 28.2 Å². The van der Waals surface area contributed by atoms with Crippen molar-refractivity contribution in [1.29, 1.82) is 5.26 Å². The minimum Gasteiger partial charge on any atom is -0.495 e. The molecule has 3 aromatic carbocycles. The number of likely N-dealkylation sites (tertiary alicyclic amines) is 1. The second-order valence-electron chi connectivity index (χ2n) is 20.3. The van der Waals surface area contributed by atoms with Gasteiger partial charge in [0.1, 0.15) is 29.9 Å². The van der Waals surface area contributed by atoms with Crippen LogP contribution in [0.25, 0.3) is 10.8 Å². The molecule has 20 heteroatoms. The molecule has 0 radical (unpaired) electrons. The van der Waals surface area contributed by atoms with Crippen molar-refractivity contribution in [2.45, 2.75) is 102 Å². The number of likely N-dealkylation sites (N-methyl/N-ethyl adjacent to an activating group) is 1.